The van der Waals surface area contributed by atoms with Gasteiger partial charge in [-0.3, -0.25) is 4.79 Å². The summed E-state index contributed by atoms with van der Waals surface area (Å²) in [4.78, 5) is 23.7. The summed E-state index contributed by atoms with van der Waals surface area (Å²) < 4.78 is 5.07. The molecule has 24 heavy (non-hydrogen) atoms. The molecule has 1 unspecified atom stereocenters. The molecule has 0 bridgehead atoms. The zero-order valence-electron chi connectivity index (χ0n) is 15.5. The minimum Gasteiger partial charge on any atom is -0.383 e. The molecule has 6 heteroatoms. The summed E-state index contributed by atoms with van der Waals surface area (Å²) >= 11 is 0. The average Bonchev–Trinajstić information content (AvgIpc) is 2.54. The van der Waals surface area contributed by atoms with Crippen molar-refractivity contribution in [3.8, 4) is 0 Å². The van der Waals surface area contributed by atoms with Crippen molar-refractivity contribution in [3.05, 3.63) is 17.6 Å². The molecule has 0 aromatic carbocycles. The second-order valence-electron chi connectivity index (χ2n) is 6.98. The molecule has 1 atom stereocenters. The predicted octanol–water partition coefficient (Wildman–Crippen LogP) is 2.28. The largest absolute Gasteiger partial charge is 0.383 e. The van der Waals surface area contributed by atoms with Crippen molar-refractivity contribution >= 4 is 11.7 Å². The molecule has 1 saturated heterocycles. The van der Waals surface area contributed by atoms with Crippen LogP contribution in [0.5, 0.6) is 0 Å². The number of piperidine rings is 1. The number of nitrogens with zero attached hydrogens (tertiary/aromatic N) is 3. The zero-order valence-corrected chi connectivity index (χ0v) is 15.5. The van der Waals surface area contributed by atoms with Crippen LogP contribution in [0.2, 0.25) is 0 Å². The summed E-state index contributed by atoms with van der Waals surface area (Å²) in [6, 6.07) is 2.14. The molecule has 1 aromatic heterocycles. The highest BCUT2D eigenvalue weighted by Gasteiger charge is 2.26. The van der Waals surface area contributed by atoms with E-state index in [1.54, 1.807) is 7.11 Å². The molecule has 2 rings (SSSR count). The van der Waals surface area contributed by atoms with E-state index in [0.717, 1.165) is 43.3 Å². The second kappa shape index (κ2) is 8.42. The monoisotopic (exact) mass is 334 g/mol. The molecular formula is C18H30N4O2. The van der Waals surface area contributed by atoms with Crippen LogP contribution in [0.25, 0.3) is 0 Å². The van der Waals surface area contributed by atoms with Crippen LogP contribution in [0.4, 0.5) is 5.82 Å². The first-order valence-electron chi connectivity index (χ1n) is 8.80. The summed E-state index contributed by atoms with van der Waals surface area (Å²) in [6.45, 7) is 10.4. The minimum absolute atomic E-state index is 0.0543. The lowest BCUT2D eigenvalue weighted by atomic mass is 9.95. The highest BCUT2D eigenvalue weighted by Crippen LogP contribution is 2.24. The smallest absolute Gasteiger partial charge is 0.223 e. The molecule has 0 aliphatic carbocycles. The molecule has 1 aliphatic rings. The average molecular weight is 334 g/mol. The number of aromatic nitrogens is 2. The number of hydrogen-bond donors (Lipinski definition) is 1. The van der Waals surface area contributed by atoms with Gasteiger partial charge in [0.1, 0.15) is 11.6 Å². The molecule has 2 heterocycles. The van der Waals surface area contributed by atoms with Crippen LogP contribution >= 0.6 is 0 Å². The highest BCUT2D eigenvalue weighted by atomic mass is 16.5. The number of rotatable bonds is 6. The third-order valence-electron chi connectivity index (χ3n) is 4.43. The maximum Gasteiger partial charge on any atom is 0.223 e. The van der Waals surface area contributed by atoms with Crippen LogP contribution in [-0.4, -0.2) is 48.7 Å². The summed E-state index contributed by atoms with van der Waals surface area (Å²) in [7, 11) is 1.65. The van der Waals surface area contributed by atoms with Gasteiger partial charge in [-0.1, -0.05) is 13.8 Å². The van der Waals surface area contributed by atoms with E-state index < -0.39 is 0 Å². The van der Waals surface area contributed by atoms with E-state index in [-0.39, 0.29) is 17.9 Å². The van der Waals surface area contributed by atoms with E-state index in [4.69, 9.17) is 4.74 Å². The first-order valence-corrected chi connectivity index (χ1v) is 8.80. The predicted molar refractivity (Wildman–Crippen MR) is 95.3 cm³/mol. The van der Waals surface area contributed by atoms with E-state index in [0.29, 0.717) is 12.5 Å². The number of anilines is 1. The number of hydrogen-bond acceptors (Lipinski definition) is 5. The second-order valence-corrected chi connectivity index (χ2v) is 6.98. The van der Waals surface area contributed by atoms with Gasteiger partial charge < -0.3 is 15.0 Å². The number of nitrogens with one attached hydrogen (secondary N) is 1. The third-order valence-corrected chi connectivity index (χ3v) is 4.43. The number of carbonyl (C=O) groups is 1. The van der Waals surface area contributed by atoms with Crippen molar-refractivity contribution in [2.75, 3.05) is 31.7 Å². The standard InChI is InChI=1S/C18H30N4O2/c1-12(2)16-10-17(21-14(4)20-16)22-8-6-15(7-9-22)18(23)19-13(3)11-24-5/h10,12-13,15H,6-9,11H2,1-5H3,(H,19,23). The van der Waals surface area contributed by atoms with Crippen molar-refractivity contribution in [1.29, 1.82) is 0 Å². The Bertz CT molecular complexity index is 554. The number of methoxy groups -OCH3 is 1. The van der Waals surface area contributed by atoms with Crippen LogP contribution in [0.3, 0.4) is 0 Å². The van der Waals surface area contributed by atoms with Crippen LogP contribution < -0.4 is 10.2 Å². The normalized spacial score (nSPS) is 17.2. The van der Waals surface area contributed by atoms with E-state index in [1.165, 1.54) is 0 Å². The van der Waals surface area contributed by atoms with Crippen LogP contribution in [0.15, 0.2) is 6.07 Å². The first-order chi connectivity index (χ1) is 11.4. The lowest BCUT2D eigenvalue weighted by Gasteiger charge is -2.33. The Hall–Kier alpha value is -1.69. The lowest BCUT2D eigenvalue weighted by Crippen LogP contribution is -2.44. The van der Waals surface area contributed by atoms with Gasteiger partial charge in [-0.05, 0) is 32.6 Å². The van der Waals surface area contributed by atoms with Crippen molar-refractivity contribution in [3.63, 3.8) is 0 Å². The SMILES string of the molecule is COCC(C)NC(=O)C1CCN(c2cc(C(C)C)nc(C)n2)CC1. The van der Waals surface area contributed by atoms with E-state index in [2.05, 4.69) is 40.1 Å². The van der Waals surface area contributed by atoms with Crippen molar-refractivity contribution in [2.24, 2.45) is 5.92 Å². The molecule has 1 aromatic rings. The Morgan fingerprint density at radius 3 is 2.58 bits per heavy atom. The molecular weight excluding hydrogens is 304 g/mol. The van der Waals surface area contributed by atoms with Crippen LogP contribution in [0.1, 0.15) is 51.0 Å². The summed E-state index contributed by atoms with van der Waals surface area (Å²) in [5.74, 6) is 2.40. The zero-order chi connectivity index (χ0) is 17.7. The molecule has 0 spiro atoms. The molecule has 0 radical (unpaired) electrons. The van der Waals surface area contributed by atoms with Gasteiger partial charge in [0.05, 0.1) is 6.61 Å². The quantitative estimate of drug-likeness (QED) is 0.864. The fourth-order valence-corrected chi connectivity index (χ4v) is 3.06. The third kappa shape index (κ3) is 4.90. The Morgan fingerprint density at radius 1 is 1.33 bits per heavy atom. The number of aryl methyl sites for hydroxylation is 1. The van der Waals surface area contributed by atoms with Crippen molar-refractivity contribution in [2.45, 2.75) is 52.5 Å². The van der Waals surface area contributed by atoms with E-state index in [9.17, 15) is 4.79 Å². The summed E-state index contributed by atoms with van der Waals surface area (Å²) in [5, 5.41) is 3.03. The van der Waals surface area contributed by atoms with Gasteiger partial charge in [0, 0.05) is 43.9 Å². The topological polar surface area (TPSA) is 67.3 Å². The van der Waals surface area contributed by atoms with E-state index >= 15 is 0 Å². The fourth-order valence-electron chi connectivity index (χ4n) is 3.06. The van der Waals surface area contributed by atoms with Gasteiger partial charge in [-0.25, -0.2) is 9.97 Å². The molecule has 6 nitrogen and oxygen atoms in total. The molecule has 1 aliphatic heterocycles. The van der Waals surface area contributed by atoms with Gasteiger partial charge in [-0.2, -0.15) is 0 Å². The van der Waals surface area contributed by atoms with Gasteiger partial charge in [-0.15, -0.1) is 0 Å². The fraction of sp³-hybridized carbons (Fsp3) is 0.722. The lowest BCUT2D eigenvalue weighted by molar-refractivity contribution is -0.126. The number of ether oxygens (including phenoxy) is 1. The molecule has 1 fully saturated rings. The number of carbonyl (C=O) groups excluding carboxylic acids is 1. The maximum atomic E-state index is 12.3. The van der Waals surface area contributed by atoms with Gasteiger partial charge in [0.25, 0.3) is 0 Å². The molecule has 1 N–H and O–H groups in total. The van der Waals surface area contributed by atoms with E-state index in [1.807, 2.05) is 13.8 Å². The van der Waals surface area contributed by atoms with Crippen LogP contribution in [0, 0.1) is 12.8 Å². The maximum absolute atomic E-state index is 12.3. The Balaban J connectivity index is 1.94. The number of amides is 1. The van der Waals surface area contributed by atoms with Gasteiger partial charge >= 0.3 is 0 Å². The molecule has 134 valence electrons. The Kier molecular flexibility index (Phi) is 6.54. The molecule has 1 amide bonds. The Morgan fingerprint density at radius 2 is 2.00 bits per heavy atom. The minimum atomic E-state index is 0.0543. The summed E-state index contributed by atoms with van der Waals surface area (Å²) in [5.41, 5.74) is 1.07. The highest BCUT2D eigenvalue weighted by molar-refractivity contribution is 5.79. The molecule has 0 saturated carbocycles. The van der Waals surface area contributed by atoms with Crippen molar-refractivity contribution in [1.82, 2.24) is 15.3 Å². The Labute approximate surface area is 145 Å². The summed E-state index contributed by atoms with van der Waals surface area (Å²) in [6.07, 6.45) is 1.71. The van der Waals surface area contributed by atoms with Crippen LogP contribution in [-0.2, 0) is 9.53 Å². The van der Waals surface area contributed by atoms with Crippen molar-refractivity contribution < 1.29 is 9.53 Å². The van der Waals surface area contributed by atoms with Gasteiger partial charge in [0.2, 0.25) is 5.91 Å². The first kappa shape index (κ1) is 18.6. The van der Waals surface area contributed by atoms with Gasteiger partial charge in [0.15, 0.2) is 0 Å².